The van der Waals surface area contributed by atoms with Crippen molar-refractivity contribution in [3.63, 3.8) is 0 Å². The van der Waals surface area contributed by atoms with Crippen LogP contribution in [0.15, 0.2) is 0 Å². The minimum absolute atomic E-state index is 0.0171. The lowest BCUT2D eigenvalue weighted by Gasteiger charge is -2.18. The second-order valence-corrected chi connectivity index (χ2v) is 9.87. The van der Waals surface area contributed by atoms with Crippen LogP contribution in [0.4, 0.5) is 0 Å². The Hall–Kier alpha value is -0.360. The molecule has 0 fully saturated rings. The molecular weight excluding hydrogens is 504 g/mol. The van der Waals surface area contributed by atoms with Crippen molar-refractivity contribution in [2.24, 2.45) is 0 Å². The van der Waals surface area contributed by atoms with E-state index in [1.807, 2.05) is 13.8 Å². The predicted molar refractivity (Wildman–Crippen MR) is 155 cm³/mol. The third-order valence-electron chi connectivity index (χ3n) is 5.96. The second-order valence-electron chi connectivity index (χ2n) is 9.87. The Labute approximate surface area is 239 Å². The average Bonchev–Trinajstić information content (AvgIpc) is 2.94. The number of ether oxygens (including phenoxy) is 8. The Morgan fingerprint density at radius 2 is 0.821 bits per heavy atom. The molecule has 0 saturated carbocycles. The van der Waals surface area contributed by atoms with E-state index in [-0.39, 0.29) is 18.8 Å². The molecule has 0 aliphatic heterocycles. The number of rotatable bonds is 34. The summed E-state index contributed by atoms with van der Waals surface area (Å²) in [7, 11) is 0. The van der Waals surface area contributed by atoms with E-state index in [4.69, 9.17) is 43.0 Å². The van der Waals surface area contributed by atoms with Crippen molar-refractivity contribution in [2.45, 2.75) is 97.2 Å². The van der Waals surface area contributed by atoms with Gasteiger partial charge in [-0.3, -0.25) is 0 Å². The van der Waals surface area contributed by atoms with Gasteiger partial charge < -0.3 is 43.0 Å². The number of hydrogen-bond acceptors (Lipinski definition) is 9. The summed E-state index contributed by atoms with van der Waals surface area (Å²) in [6.45, 7) is 13.9. The van der Waals surface area contributed by atoms with Gasteiger partial charge >= 0.3 is 0 Å². The van der Waals surface area contributed by atoms with E-state index >= 15 is 0 Å². The van der Waals surface area contributed by atoms with Crippen LogP contribution in [0.5, 0.6) is 0 Å². The van der Waals surface area contributed by atoms with Crippen LogP contribution in [0.1, 0.15) is 85.0 Å². The quantitative estimate of drug-likeness (QED) is 0.110. The molecule has 0 aliphatic rings. The Morgan fingerprint density at radius 1 is 0.410 bits per heavy atom. The first-order valence-electron chi connectivity index (χ1n) is 15.5. The first kappa shape index (κ1) is 38.6. The molecule has 2 atom stereocenters. The highest BCUT2D eigenvalue weighted by molar-refractivity contribution is 4.53. The summed E-state index contributed by atoms with van der Waals surface area (Å²) >= 11 is 0. The van der Waals surface area contributed by atoms with E-state index in [1.165, 1.54) is 57.8 Å². The van der Waals surface area contributed by atoms with Crippen LogP contribution in [0, 0.1) is 0 Å². The summed E-state index contributed by atoms with van der Waals surface area (Å²) in [5.74, 6) is 0. The summed E-state index contributed by atoms with van der Waals surface area (Å²) in [5.41, 5.74) is 0. The van der Waals surface area contributed by atoms with Gasteiger partial charge in [-0.2, -0.15) is 0 Å². The molecule has 0 heterocycles. The Kier molecular flexibility index (Phi) is 33.5. The lowest BCUT2D eigenvalue weighted by molar-refractivity contribution is -0.0689. The molecule has 0 amide bonds. The molecule has 0 aromatic carbocycles. The lowest BCUT2D eigenvalue weighted by Crippen LogP contribution is -2.24. The highest BCUT2D eigenvalue weighted by atomic mass is 16.6. The van der Waals surface area contributed by atoms with Gasteiger partial charge in [0.2, 0.25) is 0 Å². The van der Waals surface area contributed by atoms with Crippen LogP contribution < -0.4 is 0 Å². The van der Waals surface area contributed by atoms with Gasteiger partial charge in [-0.15, -0.1) is 0 Å². The molecule has 2 unspecified atom stereocenters. The van der Waals surface area contributed by atoms with E-state index in [2.05, 4.69) is 6.92 Å². The minimum Gasteiger partial charge on any atom is -0.394 e. The second kappa shape index (κ2) is 33.8. The maximum Gasteiger partial charge on any atom is 0.0781 e. The van der Waals surface area contributed by atoms with Crippen LogP contribution in [0.3, 0.4) is 0 Å². The van der Waals surface area contributed by atoms with Crippen LogP contribution >= 0.6 is 0 Å². The van der Waals surface area contributed by atoms with Gasteiger partial charge in [-0.25, -0.2) is 0 Å². The zero-order valence-electron chi connectivity index (χ0n) is 25.5. The van der Waals surface area contributed by atoms with Gasteiger partial charge in [0.05, 0.1) is 105 Å². The van der Waals surface area contributed by atoms with Gasteiger partial charge in [0.1, 0.15) is 0 Å². The van der Waals surface area contributed by atoms with E-state index < -0.39 is 0 Å². The zero-order chi connectivity index (χ0) is 28.5. The fourth-order valence-corrected chi connectivity index (χ4v) is 3.69. The Morgan fingerprint density at radius 3 is 1.31 bits per heavy atom. The fraction of sp³-hybridized carbons (Fsp3) is 1.00. The molecule has 9 nitrogen and oxygen atoms in total. The average molecular weight is 567 g/mol. The van der Waals surface area contributed by atoms with E-state index in [1.54, 1.807) is 0 Å². The number of aliphatic hydroxyl groups is 1. The van der Waals surface area contributed by atoms with Crippen molar-refractivity contribution in [3.8, 4) is 0 Å². The molecule has 0 bridgehead atoms. The van der Waals surface area contributed by atoms with Crippen molar-refractivity contribution in [2.75, 3.05) is 99.1 Å². The van der Waals surface area contributed by atoms with Crippen molar-refractivity contribution >= 4 is 0 Å². The SMILES string of the molecule is CCCCCCCCCCCCOCC(C)OCC(C)OCCOCCOCCOCCOCCOCCO. The van der Waals surface area contributed by atoms with Crippen molar-refractivity contribution in [1.82, 2.24) is 0 Å². The Bertz CT molecular complexity index is 443. The van der Waals surface area contributed by atoms with Gasteiger partial charge in [-0.1, -0.05) is 64.7 Å². The summed E-state index contributed by atoms with van der Waals surface area (Å²) < 4.78 is 44.2. The predicted octanol–water partition coefficient (Wildman–Crippen LogP) is 4.81. The first-order chi connectivity index (χ1) is 19.2. The number of aliphatic hydroxyl groups excluding tert-OH is 1. The highest BCUT2D eigenvalue weighted by Gasteiger charge is 2.07. The highest BCUT2D eigenvalue weighted by Crippen LogP contribution is 2.10. The molecule has 0 radical (unpaired) electrons. The van der Waals surface area contributed by atoms with Gasteiger partial charge in [-0.05, 0) is 20.3 Å². The van der Waals surface area contributed by atoms with Crippen molar-refractivity contribution in [3.05, 3.63) is 0 Å². The Balaban J connectivity index is 3.25. The van der Waals surface area contributed by atoms with E-state index in [9.17, 15) is 0 Å². The third-order valence-corrected chi connectivity index (χ3v) is 5.96. The lowest BCUT2D eigenvalue weighted by atomic mass is 10.1. The molecule has 0 spiro atoms. The third kappa shape index (κ3) is 33.7. The van der Waals surface area contributed by atoms with E-state index in [0.29, 0.717) is 85.9 Å². The summed E-state index contributed by atoms with van der Waals surface area (Å²) in [6.07, 6.45) is 13.5. The molecule has 39 heavy (non-hydrogen) atoms. The van der Waals surface area contributed by atoms with E-state index in [0.717, 1.165) is 13.0 Å². The van der Waals surface area contributed by atoms with Gasteiger partial charge in [0.25, 0.3) is 0 Å². The summed E-state index contributed by atoms with van der Waals surface area (Å²) in [5, 5.41) is 8.58. The topological polar surface area (TPSA) is 94.1 Å². The monoisotopic (exact) mass is 566 g/mol. The van der Waals surface area contributed by atoms with Crippen LogP contribution in [-0.4, -0.2) is 116 Å². The maximum absolute atomic E-state index is 8.58. The number of unbranched alkanes of at least 4 members (excludes halogenated alkanes) is 9. The smallest absolute Gasteiger partial charge is 0.0781 e. The minimum atomic E-state index is 0.0171. The largest absolute Gasteiger partial charge is 0.394 e. The molecule has 0 aromatic rings. The van der Waals surface area contributed by atoms with Crippen LogP contribution in [0.25, 0.3) is 0 Å². The maximum atomic E-state index is 8.58. The molecule has 1 N–H and O–H groups in total. The fourth-order valence-electron chi connectivity index (χ4n) is 3.69. The molecule has 0 saturated heterocycles. The summed E-state index contributed by atoms with van der Waals surface area (Å²) in [4.78, 5) is 0. The molecular formula is C30H62O9. The van der Waals surface area contributed by atoms with Crippen LogP contribution in [0.2, 0.25) is 0 Å². The standard InChI is InChI=1S/C30H62O9/c1-4-5-6-7-8-9-10-11-12-13-15-37-27-29(2)39-28-30(3)38-26-25-36-24-23-35-22-21-34-20-19-33-18-17-32-16-14-31/h29-31H,4-28H2,1-3H3. The molecule has 0 rings (SSSR count). The van der Waals surface area contributed by atoms with Crippen molar-refractivity contribution in [1.29, 1.82) is 0 Å². The molecule has 0 aliphatic carbocycles. The summed E-state index contributed by atoms with van der Waals surface area (Å²) in [6, 6.07) is 0. The molecule has 0 aromatic heterocycles. The van der Waals surface area contributed by atoms with Crippen molar-refractivity contribution < 1.29 is 43.0 Å². The van der Waals surface area contributed by atoms with Crippen LogP contribution in [-0.2, 0) is 37.9 Å². The van der Waals surface area contributed by atoms with Gasteiger partial charge in [0, 0.05) is 6.61 Å². The normalized spacial score (nSPS) is 13.2. The number of hydrogen-bond donors (Lipinski definition) is 1. The molecule has 236 valence electrons. The molecule has 9 heteroatoms. The van der Waals surface area contributed by atoms with Gasteiger partial charge in [0.15, 0.2) is 0 Å². The first-order valence-corrected chi connectivity index (χ1v) is 15.5. The zero-order valence-corrected chi connectivity index (χ0v) is 25.5.